The van der Waals surface area contributed by atoms with Crippen molar-refractivity contribution < 1.29 is 4.74 Å². The van der Waals surface area contributed by atoms with Gasteiger partial charge in [-0.2, -0.15) is 5.10 Å². The summed E-state index contributed by atoms with van der Waals surface area (Å²) in [5.41, 5.74) is 11.1. The molecule has 5 nitrogen and oxygen atoms in total. The number of pyridine rings is 1. The summed E-state index contributed by atoms with van der Waals surface area (Å²) in [6.45, 7) is 32.6. The molecule has 0 fully saturated rings. The van der Waals surface area contributed by atoms with Crippen LogP contribution in [-0.4, -0.2) is 19.3 Å². The van der Waals surface area contributed by atoms with Crippen LogP contribution in [0.5, 0.6) is 11.5 Å². The molecule has 0 saturated carbocycles. The Bertz CT molecular complexity index is 2430. The minimum absolute atomic E-state index is 0.0523. The van der Waals surface area contributed by atoms with Gasteiger partial charge < -0.3 is 4.74 Å². The zero-order chi connectivity index (χ0) is 40.5. The number of rotatable bonds is 7. The van der Waals surface area contributed by atoms with Gasteiger partial charge in [0.1, 0.15) is 17.3 Å². The molecule has 0 aliphatic heterocycles. The quantitative estimate of drug-likeness (QED) is 0.153. The minimum atomic E-state index is -0.102. The lowest BCUT2D eigenvalue weighted by atomic mass is 9.58. The van der Waals surface area contributed by atoms with Crippen LogP contribution in [0.25, 0.3) is 33.3 Å². The van der Waals surface area contributed by atoms with Crippen LogP contribution in [0.3, 0.4) is 0 Å². The van der Waals surface area contributed by atoms with E-state index in [4.69, 9.17) is 14.8 Å². The van der Waals surface area contributed by atoms with Gasteiger partial charge in [0.15, 0.2) is 0 Å². The second-order valence-electron chi connectivity index (χ2n) is 20.3. The van der Waals surface area contributed by atoms with Gasteiger partial charge >= 0.3 is 0 Å². The van der Waals surface area contributed by atoms with Crippen LogP contribution in [0.2, 0.25) is 0 Å². The van der Waals surface area contributed by atoms with E-state index in [1.165, 1.54) is 39.6 Å². The molecule has 0 spiro atoms. The average Bonchev–Trinajstić information content (AvgIpc) is 3.59. The van der Waals surface area contributed by atoms with Gasteiger partial charge in [-0.25, -0.2) is 9.67 Å². The van der Waals surface area contributed by atoms with Crippen LogP contribution < -0.4 is 4.74 Å². The van der Waals surface area contributed by atoms with Crippen LogP contribution in [0, 0.1) is 42.4 Å². The van der Waals surface area contributed by atoms with Crippen molar-refractivity contribution in [3.8, 4) is 23.0 Å². The summed E-state index contributed by atoms with van der Waals surface area (Å²) >= 11 is 0. The summed E-state index contributed by atoms with van der Waals surface area (Å²) in [5, 5.41) is 7.72. The summed E-state index contributed by atoms with van der Waals surface area (Å²) in [4.78, 5) is 4.89. The van der Waals surface area contributed by atoms with Crippen molar-refractivity contribution in [2.75, 3.05) is 0 Å². The molecule has 5 heteroatoms. The van der Waals surface area contributed by atoms with Crippen LogP contribution in [-0.2, 0) is 11.8 Å². The van der Waals surface area contributed by atoms with Gasteiger partial charge in [-0.05, 0) is 114 Å². The van der Waals surface area contributed by atoms with Gasteiger partial charge in [0, 0.05) is 46.3 Å². The minimum Gasteiger partial charge on any atom is -0.457 e. The standard InChI is InChI=1S/C51H64N4O/c1-31(2)23-35-21-22-52-46(26-35)54-44-18-16-15-17-40(44)41-20-19-38(30-45(41)54)56-39-28-36(49(6,7)8)27-37(29-39)55-34(5)47(33(4)53-55)48-42(50(9,10)11)24-32(3)25-43(48)51(12,13)14/h15-22,24,26-32,43,48H,23,25H2,1-14H3/t32-,43-,48-/m0/s1. The SMILES string of the molecule is Cc1nn(-c2cc(Oc3ccc4c5ccccc5n(-c5cc(CC(C)C)ccn5)c4c3)cc(C(C)(C)C)c2)c(C)c1[C@H]1C(C(C)(C)C)=C[C@H](C)C[C@@H]1C(C)(C)C. The van der Waals surface area contributed by atoms with Crippen molar-refractivity contribution in [1.29, 1.82) is 0 Å². The van der Waals surface area contributed by atoms with Crippen molar-refractivity contribution in [3.05, 3.63) is 119 Å². The highest BCUT2D eigenvalue weighted by molar-refractivity contribution is 6.09. The van der Waals surface area contributed by atoms with Gasteiger partial charge in [-0.3, -0.25) is 4.57 Å². The number of nitrogens with zero attached hydrogens (tertiary/aromatic N) is 4. The highest BCUT2D eigenvalue weighted by Crippen LogP contribution is 2.54. The second kappa shape index (κ2) is 14.4. The Morgan fingerprint density at radius 1 is 0.786 bits per heavy atom. The number of ether oxygens (including phenoxy) is 1. The normalized spacial score (nSPS) is 18.3. The van der Waals surface area contributed by atoms with Gasteiger partial charge in [-0.1, -0.05) is 113 Å². The van der Waals surface area contributed by atoms with Crippen molar-refractivity contribution in [2.45, 2.75) is 121 Å². The van der Waals surface area contributed by atoms with Gasteiger partial charge in [0.05, 0.1) is 22.4 Å². The molecule has 3 aromatic heterocycles. The first-order chi connectivity index (χ1) is 26.2. The molecule has 1 aliphatic carbocycles. The van der Waals surface area contributed by atoms with Crippen LogP contribution in [0.1, 0.15) is 124 Å². The lowest BCUT2D eigenvalue weighted by Gasteiger charge is -2.46. The first-order valence-corrected chi connectivity index (χ1v) is 20.8. The van der Waals surface area contributed by atoms with E-state index >= 15 is 0 Å². The van der Waals surface area contributed by atoms with E-state index in [9.17, 15) is 0 Å². The zero-order valence-electron chi connectivity index (χ0n) is 36.5. The molecular weight excluding hydrogens is 685 g/mol. The fraction of sp³-hybridized carbons (Fsp3) is 0.451. The summed E-state index contributed by atoms with van der Waals surface area (Å²) in [6, 6.07) is 26.1. The van der Waals surface area contributed by atoms with Gasteiger partial charge in [0.2, 0.25) is 0 Å². The van der Waals surface area contributed by atoms with Gasteiger partial charge in [0.25, 0.3) is 0 Å². The van der Waals surface area contributed by atoms with E-state index in [0.29, 0.717) is 23.7 Å². The predicted molar refractivity (Wildman–Crippen MR) is 236 cm³/mol. The number of fused-ring (bicyclic) bond motifs is 3. The largest absolute Gasteiger partial charge is 0.457 e. The highest BCUT2D eigenvalue weighted by atomic mass is 16.5. The summed E-state index contributed by atoms with van der Waals surface area (Å²) in [6.07, 6.45) is 6.70. The highest BCUT2D eigenvalue weighted by Gasteiger charge is 2.44. The van der Waals surface area contributed by atoms with Crippen molar-refractivity contribution in [1.82, 2.24) is 19.3 Å². The number of hydrogen-bond acceptors (Lipinski definition) is 3. The Balaban J connectivity index is 1.34. The van der Waals surface area contributed by atoms with Crippen LogP contribution in [0.4, 0.5) is 0 Å². The Kier molecular flexibility index (Phi) is 10.2. The Morgan fingerprint density at radius 2 is 1.50 bits per heavy atom. The molecule has 0 unspecified atom stereocenters. The lowest BCUT2D eigenvalue weighted by molar-refractivity contribution is 0.162. The fourth-order valence-corrected chi connectivity index (χ4v) is 9.29. The zero-order valence-corrected chi connectivity index (χ0v) is 36.5. The third-order valence-corrected chi connectivity index (χ3v) is 12.0. The van der Waals surface area contributed by atoms with Crippen molar-refractivity contribution in [2.24, 2.45) is 28.6 Å². The summed E-state index contributed by atoms with van der Waals surface area (Å²) in [7, 11) is 0. The molecule has 7 rings (SSSR count). The second-order valence-corrected chi connectivity index (χ2v) is 20.3. The summed E-state index contributed by atoms with van der Waals surface area (Å²) in [5.74, 6) is 4.44. The molecule has 0 saturated heterocycles. The van der Waals surface area contributed by atoms with Crippen LogP contribution in [0.15, 0.2) is 90.6 Å². The molecule has 3 aromatic carbocycles. The average molecular weight is 749 g/mol. The molecule has 294 valence electrons. The first kappa shape index (κ1) is 39.6. The number of hydrogen-bond donors (Lipinski definition) is 0. The third-order valence-electron chi connectivity index (χ3n) is 12.0. The number of benzene rings is 3. The van der Waals surface area contributed by atoms with Crippen molar-refractivity contribution >= 4 is 21.8 Å². The maximum Gasteiger partial charge on any atom is 0.137 e. The Hall–Kier alpha value is -4.64. The third kappa shape index (κ3) is 7.59. The number of aryl methyl sites for hydroxylation is 1. The molecule has 0 bridgehead atoms. The molecule has 3 heterocycles. The lowest BCUT2D eigenvalue weighted by Crippen LogP contribution is -2.36. The van der Waals surface area contributed by atoms with E-state index < -0.39 is 0 Å². The molecule has 0 N–H and O–H groups in total. The van der Waals surface area contributed by atoms with Crippen molar-refractivity contribution in [3.63, 3.8) is 0 Å². The smallest absolute Gasteiger partial charge is 0.137 e. The molecule has 1 aliphatic rings. The van der Waals surface area contributed by atoms with Gasteiger partial charge in [-0.15, -0.1) is 0 Å². The molecule has 6 aromatic rings. The Morgan fingerprint density at radius 3 is 2.18 bits per heavy atom. The number of aromatic nitrogens is 4. The first-order valence-electron chi connectivity index (χ1n) is 20.8. The van der Waals surface area contributed by atoms with Crippen LogP contribution >= 0.6 is 0 Å². The topological polar surface area (TPSA) is 44.9 Å². The van der Waals surface area contributed by atoms with E-state index in [0.717, 1.165) is 46.2 Å². The van der Waals surface area contributed by atoms with E-state index in [1.807, 2.05) is 6.20 Å². The Labute approximate surface area is 336 Å². The maximum absolute atomic E-state index is 6.89. The molecule has 3 atom stereocenters. The fourth-order valence-electron chi connectivity index (χ4n) is 9.29. The number of para-hydroxylation sites is 1. The maximum atomic E-state index is 6.89. The van der Waals surface area contributed by atoms with E-state index in [2.05, 4.69) is 185 Å². The predicted octanol–water partition coefficient (Wildman–Crippen LogP) is 14.0. The molecule has 0 amide bonds. The monoisotopic (exact) mass is 749 g/mol. The summed E-state index contributed by atoms with van der Waals surface area (Å²) < 4.78 is 11.4. The molecular formula is C51H64N4O. The molecule has 0 radical (unpaired) electrons. The van der Waals surface area contributed by atoms with E-state index in [1.54, 1.807) is 5.57 Å². The van der Waals surface area contributed by atoms with E-state index in [-0.39, 0.29) is 16.2 Å². The number of allylic oxidation sites excluding steroid dienone is 2. The molecule has 56 heavy (non-hydrogen) atoms.